The van der Waals surface area contributed by atoms with Gasteiger partial charge in [0.25, 0.3) is 0 Å². The van der Waals surface area contributed by atoms with E-state index in [1.54, 1.807) is 12.1 Å². The molecule has 0 bridgehead atoms. The molecular formula is C13H10N2O. The van der Waals surface area contributed by atoms with E-state index in [0.29, 0.717) is 17.7 Å². The summed E-state index contributed by atoms with van der Waals surface area (Å²) in [6, 6.07) is 14.9. The van der Waals surface area contributed by atoms with Crippen molar-refractivity contribution in [3.8, 4) is 6.07 Å². The Labute approximate surface area is 93.8 Å². The molecule has 2 rings (SSSR count). The molecule has 0 atom stereocenters. The third kappa shape index (κ3) is 2.01. The van der Waals surface area contributed by atoms with E-state index in [1.165, 1.54) is 6.20 Å². The summed E-state index contributed by atoms with van der Waals surface area (Å²) in [6.07, 6.45) is 1.90. The number of nitriles is 1. The summed E-state index contributed by atoms with van der Waals surface area (Å²) in [5.74, 6) is 0. The van der Waals surface area contributed by atoms with E-state index in [1.807, 2.05) is 36.4 Å². The van der Waals surface area contributed by atoms with E-state index in [0.717, 1.165) is 10.3 Å². The lowest BCUT2D eigenvalue weighted by molar-refractivity contribution is -0.613. The van der Waals surface area contributed by atoms with E-state index >= 15 is 0 Å². The Hall–Kier alpha value is -2.34. The van der Waals surface area contributed by atoms with E-state index in [-0.39, 0.29) is 0 Å². The van der Waals surface area contributed by atoms with Crippen LogP contribution in [0.4, 0.5) is 0 Å². The standard InChI is InChI=1S/C13H10N2O/c14-10-12-7-4-8-15(16)13(12)9-11-5-2-1-3-6-11/h1-8H,9H2. The molecule has 0 saturated heterocycles. The van der Waals surface area contributed by atoms with Gasteiger partial charge in [-0.25, -0.2) is 0 Å². The quantitative estimate of drug-likeness (QED) is 0.560. The first-order valence-electron chi connectivity index (χ1n) is 4.96. The molecule has 0 N–H and O–H groups in total. The first-order chi connectivity index (χ1) is 7.81. The second-order valence-corrected chi connectivity index (χ2v) is 3.47. The zero-order valence-electron chi connectivity index (χ0n) is 8.63. The molecule has 0 fully saturated rings. The highest BCUT2D eigenvalue weighted by Crippen LogP contribution is 2.09. The van der Waals surface area contributed by atoms with Gasteiger partial charge in [-0.15, -0.1) is 0 Å². The van der Waals surface area contributed by atoms with Crippen molar-refractivity contribution in [1.29, 1.82) is 5.26 Å². The zero-order valence-corrected chi connectivity index (χ0v) is 8.63. The summed E-state index contributed by atoms with van der Waals surface area (Å²) in [6.45, 7) is 0. The van der Waals surface area contributed by atoms with Gasteiger partial charge < -0.3 is 5.21 Å². The summed E-state index contributed by atoms with van der Waals surface area (Å²) in [5.41, 5.74) is 1.95. The number of rotatable bonds is 2. The number of pyridine rings is 1. The molecule has 0 unspecified atom stereocenters. The second kappa shape index (κ2) is 4.45. The minimum atomic E-state index is 0.432. The number of aromatic nitrogens is 1. The fourth-order valence-electron chi connectivity index (χ4n) is 1.59. The highest BCUT2D eigenvalue weighted by atomic mass is 16.5. The van der Waals surface area contributed by atoms with Crippen molar-refractivity contribution < 1.29 is 4.73 Å². The van der Waals surface area contributed by atoms with Gasteiger partial charge in [-0.05, 0) is 11.6 Å². The summed E-state index contributed by atoms with van der Waals surface area (Å²) in [4.78, 5) is 0. The fourth-order valence-corrected chi connectivity index (χ4v) is 1.59. The largest absolute Gasteiger partial charge is 0.618 e. The molecule has 0 aliphatic rings. The predicted octanol–water partition coefficient (Wildman–Crippen LogP) is 1.78. The summed E-state index contributed by atoms with van der Waals surface area (Å²) >= 11 is 0. The van der Waals surface area contributed by atoms with Crippen LogP contribution in [-0.2, 0) is 6.42 Å². The molecule has 78 valence electrons. The lowest BCUT2D eigenvalue weighted by Gasteiger charge is -2.05. The molecule has 3 heteroatoms. The number of hydrogen-bond donors (Lipinski definition) is 0. The van der Waals surface area contributed by atoms with Gasteiger partial charge in [-0.1, -0.05) is 30.3 Å². The van der Waals surface area contributed by atoms with Crippen LogP contribution in [0.15, 0.2) is 48.7 Å². The van der Waals surface area contributed by atoms with Gasteiger partial charge in [0.15, 0.2) is 6.20 Å². The van der Waals surface area contributed by atoms with Crippen LogP contribution in [0.1, 0.15) is 16.8 Å². The van der Waals surface area contributed by atoms with Crippen LogP contribution >= 0.6 is 0 Å². The molecule has 1 aromatic carbocycles. The third-order valence-corrected chi connectivity index (χ3v) is 2.40. The number of benzene rings is 1. The van der Waals surface area contributed by atoms with Crippen molar-refractivity contribution in [2.45, 2.75) is 6.42 Å². The average molecular weight is 210 g/mol. The Kier molecular flexibility index (Phi) is 2.84. The van der Waals surface area contributed by atoms with Crippen molar-refractivity contribution in [3.05, 3.63) is 70.7 Å². The van der Waals surface area contributed by atoms with Crippen LogP contribution in [0.3, 0.4) is 0 Å². The van der Waals surface area contributed by atoms with Gasteiger partial charge >= 0.3 is 0 Å². The minimum absolute atomic E-state index is 0.432. The Morgan fingerprint density at radius 1 is 1.12 bits per heavy atom. The molecule has 0 aliphatic carbocycles. The highest BCUT2D eigenvalue weighted by Gasteiger charge is 2.12. The van der Waals surface area contributed by atoms with Crippen LogP contribution in [0.5, 0.6) is 0 Å². The van der Waals surface area contributed by atoms with Gasteiger partial charge in [0.1, 0.15) is 11.6 Å². The maximum absolute atomic E-state index is 11.6. The number of hydrogen-bond acceptors (Lipinski definition) is 2. The van der Waals surface area contributed by atoms with Crippen molar-refractivity contribution in [2.24, 2.45) is 0 Å². The fraction of sp³-hybridized carbons (Fsp3) is 0.0769. The Morgan fingerprint density at radius 2 is 1.88 bits per heavy atom. The van der Waals surface area contributed by atoms with Gasteiger partial charge in [-0.2, -0.15) is 9.99 Å². The van der Waals surface area contributed by atoms with Crippen LogP contribution in [0.2, 0.25) is 0 Å². The first-order valence-corrected chi connectivity index (χ1v) is 4.96. The van der Waals surface area contributed by atoms with Crippen molar-refractivity contribution in [1.82, 2.24) is 0 Å². The van der Waals surface area contributed by atoms with Gasteiger partial charge in [0.05, 0.1) is 6.42 Å². The molecule has 0 amide bonds. The zero-order chi connectivity index (χ0) is 11.4. The third-order valence-electron chi connectivity index (χ3n) is 2.40. The summed E-state index contributed by atoms with van der Waals surface area (Å²) < 4.78 is 0.756. The monoisotopic (exact) mass is 210 g/mol. The van der Waals surface area contributed by atoms with Crippen molar-refractivity contribution in [2.75, 3.05) is 0 Å². The van der Waals surface area contributed by atoms with Gasteiger partial charge in [-0.3, -0.25) is 0 Å². The van der Waals surface area contributed by atoms with Gasteiger partial charge in [0, 0.05) is 6.07 Å². The van der Waals surface area contributed by atoms with E-state index < -0.39 is 0 Å². The van der Waals surface area contributed by atoms with Crippen molar-refractivity contribution >= 4 is 0 Å². The maximum atomic E-state index is 11.6. The van der Waals surface area contributed by atoms with Crippen LogP contribution in [-0.4, -0.2) is 0 Å². The Balaban J connectivity index is 2.39. The normalized spacial score (nSPS) is 9.69. The Bertz CT molecular complexity index is 529. The van der Waals surface area contributed by atoms with E-state index in [4.69, 9.17) is 5.26 Å². The van der Waals surface area contributed by atoms with Crippen LogP contribution in [0.25, 0.3) is 0 Å². The lowest BCUT2D eigenvalue weighted by atomic mass is 10.1. The molecule has 0 saturated carbocycles. The van der Waals surface area contributed by atoms with E-state index in [9.17, 15) is 5.21 Å². The molecule has 0 spiro atoms. The minimum Gasteiger partial charge on any atom is -0.618 e. The van der Waals surface area contributed by atoms with Crippen LogP contribution in [0, 0.1) is 16.5 Å². The lowest BCUT2D eigenvalue weighted by Crippen LogP contribution is -2.32. The smallest absolute Gasteiger partial charge is 0.214 e. The first kappa shape index (κ1) is 10.2. The van der Waals surface area contributed by atoms with Crippen LogP contribution < -0.4 is 4.73 Å². The topological polar surface area (TPSA) is 50.7 Å². The molecule has 1 aromatic heterocycles. The molecule has 16 heavy (non-hydrogen) atoms. The molecule has 0 aliphatic heterocycles. The number of nitrogens with zero attached hydrogens (tertiary/aromatic N) is 2. The summed E-state index contributed by atoms with van der Waals surface area (Å²) in [7, 11) is 0. The second-order valence-electron chi connectivity index (χ2n) is 3.47. The predicted molar refractivity (Wildman–Crippen MR) is 59.4 cm³/mol. The van der Waals surface area contributed by atoms with Gasteiger partial charge in [0.2, 0.25) is 5.69 Å². The molecule has 0 radical (unpaired) electrons. The molecule has 3 nitrogen and oxygen atoms in total. The SMILES string of the molecule is N#Cc1ccc[n+]([O-])c1Cc1ccccc1. The summed E-state index contributed by atoms with van der Waals surface area (Å²) in [5, 5.41) is 20.5. The van der Waals surface area contributed by atoms with Crippen molar-refractivity contribution in [3.63, 3.8) is 0 Å². The maximum Gasteiger partial charge on any atom is 0.214 e. The highest BCUT2D eigenvalue weighted by molar-refractivity contribution is 5.33. The average Bonchev–Trinajstić information content (AvgIpc) is 2.33. The molecular weight excluding hydrogens is 200 g/mol. The van der Waals surface area contributed by atoms with E-state index in [2.05, 4.69) is 0 Å². The molecule has 1 heterocycles. The Morgan fingerprint density at radius 3 is 2.56 bits per heavy atom. The molecule has 2 aromatic rings.